The first kappa shape index (κ1) is 22.9. The Labute approximate surface area is 182 Å². The van der Waals surface area contributed by atoms with Gasteiger partial charge in [-0.05, 0) is 56.2 Å². The van der Waals surface area contributed by atoms with Gasteiger partial charge in [0.25, 0.3) is 0 Å². The summed E-state index contributed by atoms with van der Waals surface area (Å²) in [5, 5.41) is 12.4. The summed E-state index contributed by atoms with van der Waals surface area (Å²) in [6, 6.07) is 7.92. The van der Waals surface area contributed by atoms with Crippen LogP contribution in [0.3, 0.4) is 0 Å². The van der Waals surface area contributed by atoms with Gasteiger partial charge in [-0.1, -0.05) is 17.7 Å². The minimum Gasteiger partial charge on any atom is -0.380 e. The zero-order valence-corrected chi connectivity index (χ0v) is 17.6. The second-order valence-corrected chi connectivity index (χ2v) is 8.13. The van der Waals surface area contributed by atoms with Crippen molar-refractivity contribution in [2.75, 3.05) is 5.32 Å². The highest BCUT2D eigenvalue weighted by Crippen LogP contribution is 2.36. The maximum Gasteiger partial charge on any atom is 0.416 e. The number of anilines is 1. The third-order valence-corrected chi connectivity index (χ3v) is 5.62. The molecule has 1 amide bonds. The van der Waals surface area contributed by atoms with E-state index < -0.39 is 29.6 Å². The van der Waals surface area contributed by atoms with Crippen LogP contribution in [0.15, 0.2) is 36.4 Å². The van der Waals surface area contributed by atoms with Crippen molar-refractivity contribution in [3.63, 3.8) is 0 Å². The Morgan fingerprint density at radius 3 is 2.55 bits per heavy atom. The minimum absolute atomic E-state index is 0.0797. The maximum atomic E-state index is 13.5. The van der Waals surface area contributed by atoms with Gasteiger partial charge in [-0.2, -0.15) is 18.4 Å². The molecule has 2 atom stereocenters. The van der Waals surface area contributed by atoms with Crippen molar-refractivity contribution < 1.29 is 22.4 Å². The van der Waals surface area contributed by atoms with Crippen molar-refractivity contribution in [1.82, 2.24) is 4.90 Å². The number of rotatable bonds is 5. The van der Waals surface area contributed by atoms with Gasteiger partial charge in [0, 0.05) is 18.2 Å². The van der Waals surface area contributed by atoms with E-state index in [0.717, 1.165) is 12.1 Å². The molecular formula is C22H20ClF4N3O. The molecule has 3 rings (SSSR count). The van der Waals surface area contributed by atoms with Crippen LogP contribution in [-0.2, 0) is 17.4 Å². The number of benzene rings is 2. The maximum absolute atomic E-state index is 13.5. The molecular weight excluding hydrogens is 434 g/mol. The van der Waals surface area contributed by atoms with Gasteiger partial charge >= 0.3 is 6.18 Å². The quantitative estimate of drug-likeness (QED) is 0.616. The lowest BCUT2D eigenvalue weighted by molar-refractivity contribution is -0.138. The van der Waals surface area contributed by atoms with E-state index in [1.165, 1.54) is 6.07 Å². The fourth-order valence-corrected chi connectivity index (χ4v) is 4.22. The van der Waals surface area contributed by atoms with E-state index in [1.807, 2.05) is 6.07 Å². The molecule has 1 N–H and O–H groups in total. The molecule has 2 aromatic rings. The molecule has 1 saturated heterocycles. The fourth-order valence-electron chi connectivity index (χ4n) is 3.99. The standard InChI is InChI=1S/C22H20ClF4N3O/c1-12(2)30-20(7-13-3-5-15(24)8-17(13)22(25,26)27)19(10-21(30)31)29-16-6-4-14(11-28)18(23)9-16/h3-6,8-9,12,19-20,29H,7,10H2,1-2H3/t19-,20?/m0/s1. The Morgan fingerprint density at radius 1 is 1.26 bits per heavy atom. The van der Waals surface area contributed by atoms with Crippen LogP contribution in [0.2, 0.25) is 5.02 Å². The van der Waals surface area contributed by atoms with Crippen LogP contribution in [-0.4, -0.2) is 28.9 Å². The molecule has 9 heteroatoms. The number of nitrogens with zero attached hydrogens (tertiary/aromatic N) is 2. The number of halogens is 5. The van der Waals surface area contributed by atoms with Crippen molar-refractivity contribution in [2.45, 2.75) is 51.0 Å². The zero-order valence-electron chi connectivity index (χ0n) is 16.8. The summed E-state index contributed by atoms with van der Waals surface area (Å²) >= 11 is 6.07. The van der Waals surface area contributed by atoms with Crippen molar-refractivity contribution in [3.8, 4) is 6.07 Å². The molecule has 0 aliphatic carbocycles. The first-order valence-electron chi connectivity index (χ1n) is 9.64. The van der Waals surface area contributed by atoms with E-state index >= 15 is 0 Å². The zero-order chi connectivity index (χ0) is 22.9. The number of hydrogen-bond acceptors (Lipinski definition) is 3. The van der Waals surface area contributed by atoms with Gasteiger partial charge in [0.15, 0.2) is 0 Å². The van der Waals surface area contributed by atoms with Crippen LogP contribution in [0.4, 0.5) is 23.2 Å². The van der Waals surface area contributed by atoms with Crippen molar-refractivity contribution >= 4 is 23.2 Å². The lowest BCUT2D eigenvalue weighted by Gasteiger charge is -2.33. The number of amides is 1. The van der Waals surface area contributed by atoms with E-state index in [4.69, 9.17) is 16.9 Å². The second kappa shape index (κ2) is 8.75. The van der Waals surface area contributed by atoms with Crippen LogP contribution in [0.25, 0.3) is 0 Å². The van der Waals surface area contributed by atoms with Gasteiger partial charge in [0.1, 0.15) is 11.9 Å². The van der Waals surface area contributed by atoms with Gasteiger partial charge in [-0.25, -0.2) is 4.39 Å². The van der Waals surface area contributed by atoms with Crippen LogP contribution >= 0.6 is 11.6 Å². The number of carbonyl (C=O) groups excluding carboxylic acids is 1. The van der Waals surface area contributed by atoms with Crippen LogP contribution < -0.4 is 5.32 Å². The lowest BCUT2D eigenvalue weighted by atomic mass is 9.95. The van der Waals surface area contributed by atoms with Crippen molar-refractivity contribution in [2.24, 2.45) is 0 Å². The third kappa shape index (κ3) is 4.93. The molecule has 31 heavy (non-hydrogen) atoms. The number of likely N-dealkylation sites (tertiary alicyclic amines) is 1. The SMILES string of the molecule is CC(C)N1C(=O)C[C@H](Nc2ccc(C#N)c(Cl)c2)C1Cc1ccc(F)cc1C(F)(F)F. The topological polar surface area (TPSA) is 56.1 Å². The van der Waals surface area contributed by atoms with E-state index in [0.29, 0.717) is 11.8 Å². The predicted molar refractivity (Wildman–Crippen MR) is 109 cm³/mol. The summed E-state index contributed by atoms with van der Waals surface area (Å²) in [7, 11) is 0. The number of nitriles is 1. The van der Waals surface area contributed by atoms with Crippen molar-refractivity contribution in [3.05, 3.63) is 63.9 Å². The second-order valence-electron chi connectivity index (χ2n) is 7.73. The minimum atomic E-state index is -4.72. The molecule has 0 bridgehead atoms. The molecule has 1 heterocycles. The van der Waals surface area contributed by atoms with E-state index in [9.17, 15) is 22.4 Å². The van der Waals surface area contributed by atoms with Gasteiger partial charge in [-0.3, -0.25) is 4.79 Å². The van der Waals surface area contributed by atoms with Crippen LogP contribution in [0.5, 0.6) is 0 Å². The molecule has 0 aromatic heterocycles. The summed E-state index contributed by atoms with van der Waals surface area (Å²) < 4.78 is 54.0. The average Bonchev–Trinajstić information content (AvgIpc) is 2.97. The first-order valence-corrected chi connectivity index (χ1v) is 10.0. The average molecular weight is 454 g/mol. The largest absolute Gasteiger partial charge is 0.416 e. The Kier molecular flexibility index (Phi) is 6.46. The number of hydrogen-bond donors (Lipinski definition) is 1. The molecule has 4 nitrogen and oxygen atoms in total. The summed E-state index contributed by atoms with van der Waals surface area (Å²) in [4.78, 5) is 14.2. The lowest BCUT2D eigenvalue weighted by Crippen LogP contribution is -2.45. The summed E-state index contributed by atoms with van der Waals surface area (Å²) in [6.45, 7) is 3.59. The molecule has 1 unspecified atom stereocenters. The highest BCUT2D eigenvalue weighted by atomic mass is 35.5. The number of nitrogens with one attached hydrogen (secondary N) is 1. The molecule has 0 spiro atoms. The van der Waals surface area contributed by atoms with E-state index in [1.54, 1.807) is 30.9 Å². The molecule has 0 saturated carbocycles. The smallest absolute Gasteiger partial charge is 0.380 e. The predicted octanol–water partition coefficient (Wildman–Crippen LogP) is 5.40. The Bertz CT molecular complexity index is 1030. The van der Waals surface area contributed by atoms with E-state index in [2.05, 4.69) is 5.32 Å². The first-order chi connectivity index (χ1) is 14.5. The van der Waals surface area contributed by atoms with Gasteiger partial charge in [0.05, 0.1) is 28.2 Å². The van der Waals surface area contributed by atoms with Gasteiger partial charge < -0.3 is 10.2 Å². The monoisotopic (exact) mass is 453 g/mol. The summed E-state index contributed by atoms with van der Waals surface area (Å²) in [6.07, 6.45) is -4.73. The van der Waals surface area contributed by atoms with Crippen LogP contribution in [0, 0.1) is 17.1 Å². The Morgan fingerprint density at radius 2 is 1.97 bits per heavy atom. The molecule has 164 valence electrons. The van der Waals surface area contributed by atoms with Crippen LogP contribution in [0.1, 0.15) is 37.0 Å². The number of alkyl halides is 3. The number of carbonyl (C=O) groups is 1. The molecule has 1 fully saturated rings. The Hall–Kier alpha value is -2.79. The highest BCUT2D eigenvalue weighted by Gasteiger charge is 2.43. The molecule has 2 aromatic carbocycles. The van der Waals surface area contributed by atoms with Gasteiger partial charge in [-0.15, -0.1) is 0 Å². The molecule has 1 aliphatic heterocycles. The molecule has 1 aliphatic rings. The van der Waals surface area contributed by atoms with E-state index in [-0.39, 0.29) is 40.9 Å². The summed E-state index contributed by atoms with van der Waals surface area (Å²) in [5.41, 5.74) is -0.289. The highest BCUT2D eigenvalue weighted by molar-refractivity contribution is 6.32. The van der Waals surface area contributed by atoms with Crippen molar-refractivity contribution in [1.29, 1.82) is 5.26 Å². The van der Waals surface area contributed by atoms with Gasteiger partial charge in [0.2, 0.25) is 5.91 Å². The normalized spacial score (nSPS) is 19.1. The fraction of sp³-hybridized carbons (Fsp3) is 0.364. The Balaban J connectivity index is 1.95. The molecule has 0 radical (unpaired) electrons. The summed E-state index contributed by atoms with van der Waals surface area (Å²) in [5.74, 6) is -1.16. The third-order valence-electron chi connectivity index (χ3n) is 5.31.